The molecule has 0 fully saturated rings. The number of nitriles is 1. The van der Waals surface area contributed by atoms with Crippen LogP contribution < -0.4 is 0 Å². The van der Waals surface area contributed by atoms with E-state index in [4.69, 9.17) is 4.43 Å². The molecule has 0 aromatic rings. The van der Waals surface area contributed by atoms with Gasteiger partial charge in [0.25, 0.3) is 0 Å². The molecule has 88 valence electrons. The van der Waals surface area contributed by atoms with Crippen molar-refractivity contribution in [3.05, 3.63) is 23.8 Å². The second kappa shape index (κ2) is 4.99. The van der Waals surface area contributed by atoms with E-state index in [0.717, 1.165) is 24.8 Å². The summed E-state index contributed by atoms with van der Waals surface area (Å²) in [5.74, 6) is 0. The molecule has 0 aliphatic heterocycles. The first kappa shape index (κ1) is 13.2. The summed E-state index contributed by atoms with van der Waals surface area (Å²) < 4.78 is 6.17. The molecule has 0 saturated heterocycles. The predicted molar refractivity (Wildman–Crippen MR) is 69.5 cm³/mol. The molecule has 0 radical (unpaired) electrons. The van der Waals surface area contributed by atoms with Gasteiger partial charge >= 0.3 is 0 Å². The van der Waals surface area contributed by atoms with Crippen LogP contribution in [0.3, 0.4) is 0 Å². The van der Waals surface area contributed by atoms with Gasteiger partial charge in [0, 0.05) is 0 Å². The smallest absolute Gasteiger partial charge is 0.186 e. The van der Waals surface area contributed by atoms with Crippen LogP contribution >= 0.6 is 0 Å². The van der Waals surface area contributed by atoms with Crippen LogP contribution in [0, 0.1) is 11.3 Å². The zero-order valence-electron chi connectivity index (χ0n) is 10.7. The molecule has 3 heteroatoms. The summed E-state index contributed by atoms with van der Waals surface area (Å²) in [5.41, 5.74) is 0.446. The highest BCUT2D eigenvalue weighted by Crippen LogP contribution is 2.34. The van der Waals surface area contributed by atoms with Gasteiger partial charge in [0.2, 0.25) is 0 Å². The fraction of sp³-hybridized carbons (Fsp3) is 0.615. The molecular weight excluding hydrogens is 214 g/mol. The Morgan fingerprint density at radius 1 is 1.50 bits per heavy atom. The third-order valence-corrected chi connectivity index (χ3v) is 3.51. The molecule has 1 rings (SSSR count). The van der Waals surface area contributed by atoms with Crippen molar-refractivity contribution in [3.63, 3.8) is 0 Å². The van der Waals surface area contributed by atoms with Crippen molar-refractivity contribution in [2.45, 2.75) is 51.4 Å². The average molecular weight is 235 g/mol. The number of hydrogen-bond donors (Lipinski definition) is 0. The van der Waals surface area contributed by atoms with Crippen LogP contribution in [0.1, 0.15) is 26.2 Å². The zero-order chi connectivity index (χ0) is 12.2. The molecule has 2 nitrogen and oxygen atoms in total. The van der Waals surface area contributed by atoms with Crippen LogP contribution in [0.4, 0.5) is 0 Å². The maximum atomic E-state index is 9.51. The minimum Gasteiger partial charge on any atom is -0.397 e. The Balaban J connectivity index is 2.96. The molecule has 1 atom stereocenters. The Labute approximate surface area is 99.7 Å². The number of rotatable bonds is 5. The van der Waals surface area contributed by atoms with Crippen LogP contribution in [-0.2, 0) is 4.43 Å². The van der Waals surface area contributed by atoms with Gasteiger partial charge in [-0.15, -0.1) is 0 Å². The van der Waals surface area contributed by atoms with Gasteiger partial charge in [-0.25, -0.2) is 0 Å². The highest BCUT2D eigenvalue weighted by atomic mass is 28.4. The Hall–Kier alpha value is -0.853. The van der Waals surface area contributed by atoms with Gasteiger partial charge in [0.05, 0.1) is 0 Å². The predicted octanol–water partition coefficient (Wildman–Crippen LogP) is 3.79. The van der Waals surface area contributed by atoms with Crippen LogP contribution in [0.2, 0.25) is 19.6 Å². The Kier molecular flexibility index (Phi) is 4.12. The summed E-state index contributed by atoms with van der Waals surface area (Å²) in [6.07, 6.45) is 8.77. The quantitative estimate of drug-likeness (QED) is 0.679. The summed E-state index contributed by atoms with van der Waals surface area (Å²) in [5, 5.41) is 9.51. The lowest BCUT2D eigenvalue weighted by Gasteiger charge is -2.34. The van der Waals surface area contributed by atoms with E-state index in [-0.39, 0.29) is 0 Å². The molecule has 0 heterocycles. The van der Waals surface area contributed by atoms with Crippen LogP contribution in [0.15, 0.2) is 23.8 Å². The van der Waals surface area contributed by atoms with Crippen molar-refractivity contribution in [3.8, 4) is 6.07 Å². The molecule has 1 aliphatic carbocycles. The third-order valence-electron chi connectivity index (χ3n) is 2.55. The summed E-state index contributed by atoms with van der Waals surface area (Å²) in [6.45, 7) is 8.51. The average Bonchev–Trinajstić information content (AvgIpc) is 2.68. The van der Waals surface area contributed by atoms with Gasteiger partial charge in [-0.2, -0.15) is 5.26 Å². The summed E-state index contributed by atoms with van der Waals surface area (Å²) in [4.78, 5) is 0. The molecular formula is C13H21NOSi. The molecule has 0 saturated carbocycles. The number of allylic oxidation sites excluding steroid dienone is 3. The van der Waals surface area contributed by atoms with Gasteiger partial charge in [0.1, 0.15) is 6.07 Å². The van der Waals surface area contributed by atoms with E-state index >= 15 is 0 Å². The Morgan fingerprint density at radius 2 is 2.19 bits per heavy atom. The topological polar surface area (TPSA) is 33.0 Å². The minimum atomic E-state index is -1.71. The highest BCUT2D eigenvalue weighted by molar-refractivity contribution is 6.69. The lowest BCUT2D eigenvalue weighted by atomic mass is 9.90. The zero-order valence-corrected chi connectivity index (χ0v) is 11.7. The molecule has 0 amide bonds. The first-order valence-corrected chi connectivity index (χ1v) is 9.32. The second-order valence-corrected chi connectivity index (χ2v) is 9.66. The normalized spacial score (nSPS) is 19.1. The monoisotopic (exact) mass is 235 g/mol. The maximum absolute atomic E-state index is 9.51. The fourth-order valence-corrected chi connectivity index (χ4v) is 3.37. The molecule has 0 spiro atoms. The van der Waals surface area contributed by atoms with Crippen molar-refractivity contribution in [1.29, 1.82) is 5.26 Å². The molecule has 16 heavy (non-hydrogen) atoms. The standard InChI is InChI=1S/C13H21NOSi/c1-5-10-13(11-14,15-16(2,3)4)12-8-6-7-9-12/h6-8H,5,9-10H2,1-4H3. The largest absolute Gasteiger partial charge is 0.397 e. The maximum Gasteiger partial charge on any atom is 0.186 e. The van der Waals surface area contributed by atoms with Gasteiger partial charge in [0.15, 0.2) is 13.9 Å². The first-order chi connectivity index (χ1) is 7.43. The summed E-state index contributed by atoms with van der Waals surface area (Å²) in [6, 6.07) is 2.42. The van der Waals surface area contributed by atoms with E-state index in [1.165, 1.54) is 0 Å². The van der Waals surface area contributed by atoms with Crippen molar-refractivity contribution in [2.75, 3.05) is 0 Å². The van der Waals surface area contributed by atoms with E-state index in [0.29, 0.717) is 0 Å². The minimum absolute atomic E-state index is 0.678. The van der Waals surface area contributed by atoms with Crippen molar-refractivity contribution < 1.29 is 4.43 Å². The Bertz CT molecular complexity index is 346. The SMILES string of the molecule is CCCC(C#N)(O[Si](C)(C)C)C1=CC=CC1. The van der Waals surface area contributed by atoms with E-state index in [1.807, 2.05) is 12.2 Å². The molecule has 0 aromatic carbocycles. The van der Waals surface area contributed by atoms with Crippen LogP contribution in [0.25, 0.3) is 0 Å². The molecule has 0 N–H and O–H groups in total. The molecule has 1 unspecified atom stereocenters. The summed E-state index contributed by atoms with van der Waals surface area (Å²) in [7, 11) is -1.71. The van der Waals surface area contributed by atoms with Gasteiger partial charge in [-0.3, -0.25) is 0 Å². The first-order valence-electron chi connectivity index (χ1n) is 5.91. The highest BCUT2D eigenvalue weighted by Gasteiger charge is 2.38. The summed E-state index contributed by atoms with van der Waals surface area (Å²) >= 11 is 0. The van der Waals surface area contributed by atoms with Gasteiger partial charge < -0.3 is 4.43 Å². The number of nitrogens with zero attached hydrogens (tertiary/aromatic N) is 1. The Morgan fingerprint density at radius 3 is 2.56 bits per heavy atom. The third kappa shape index (κ3) is 3.07. The second-order valence-electron chi connectivity index (χ2n) is 5.23. The molecule has 0 aromatic heterocycles. The molecule has 0 bridgehead atoms. The fourth-order valence-electron chi connectivity index (χ4n) is 2.05. The van der Waals surface area contributed by atoms with Crippen LogP contribution in [-0.4, -0.2) is 13.9 Å². The van der Waals surface area contributed by atoms with Gasteiger partial charge in [-0.1, -0.05) is 31.6 Å². The lowest BCUT2D eigenvalue weighted by molar-refractivity contribution is 0.144. The van der Waals surface area contributed by atoms with Crippen molar-refractivity contribution in [2.24, 2.45) is 0 Å². The number of hydrogen-bond acceptors (Lipinski definition) is 2. The van der Waals surface area contributed by atoms with E-state index in [2.05, 4.69) is 38.7 Å². The van der Waals surface area contributed by atoms with Crippen molar-refractivity contribution >= 4 is 8.32 Å². The van der Waals surface area contributed by atoms with Gasteiger partial charge in [-0.05, 0) is 38.1 Å². The lowest BCUT2D eigenvalue weighted by Crippen LogP contribution is -2.43. The van der Waals surface area contributed by atoms with E-state index < -0.39 is 13.9 Å². The van der Waals surface area contributed by atoms with Crippen molar-refractivity contribution in [1.82, 2.24) is 0 Å². The van der Waals surface area contributed by atoms with E-state index in [9.17, 15) is 5.26 Å². The van der Waals surface area contributed by atoms with E-state index in [1.54, 1.807) is 0 Å². The molecule has 1 aliphatic rings. The van der Waals surface area contributed by atoms with Crippen LogP contribution in [0.5, 0.6) is 0 Å².